The molecule has 2 aliphatic carbocycles. The van der Waals surface area contributed by atoms with E-state index < -0.39 is 0 Å². The maximum absolute atomic E-state index is 10.0. The van der Waals surface area contributed by atoms with Gasteiger partial charge in [0.15, 0.2) is 11.5 Å². The lowest BCUT2D eigenvalue weighted by molar-refractivity contribution is 0.00567. The molecule has 21 heavy (non-hydrogen) atoms. The van der Waals surface area contributed by atoms with Crippen LogP contribution in [0, 0.1) is 0 Å². The van der Waals surface area contributed by atoms with Crippen LogP contribution in [0.2, 0.25) is 0 Å². The summed E-state index contributed by atoms with van der Waals surface area (Å²) in [5.74, 6) is 1.49. The molecule has 1 aromatic carbocycles. The van der Waals surface area contributed by atoms with E-state index >= 15 is 0 Å². The molecule has 0 aromatic heterocycles. The normalized spacial score (nSPS) is 25.6. The highest BCUT2D eigenvalue weighted by Gasteiger charge is 2.26. The third-order valence-electron chi connectivity index (χ3n) is 4.35. The van der Waals surface area contributed by atoms with Crippen molar-refractivity contribution in [3.8, 4) is 11.5 Å². The molecule has 2 aliphatic rings. The first kappa shape index (κ1) is 14.7. The average molecular weight is 291 g/mol. The molecule has 0 spiro atoms. The van der Waals surface area contributed by atoms with E-state index in [1.165, 1.54) is 18.4 Å². The fourth-order valence-electron chi connectivity index (χ4n) is 2.85. The lowest BCUT2D eigenvalue weighted by Crippen LogP contribution is -2.34. The topological polar surface area (TPSA) is 50.7 Å². The van der Waals surface area contributed by atoms with Gasteiger partial charge in [0.1, 0.15) is 6.10 Å². The van der Waals surface area contributed by atoms with Gasteiger partial charge in [-0.3, -0.25) is 0 Å². The van der Waals surface area contributed by atoms with Gasteiger partial charge in [0.05, 0.1) is 13.2 Å². The van der Waals surface area contributed by atoms with Crippen molar-refractivity contribution < 1.29 is 14.6 Å². The van der Waals surface area contributed by atoms with Gasteiger partial charge in [0.25, 0.3) is 0 Å². The van der Waals surface area contributed by atoms with Crippen LogP contribution in [0.5, 0.6) is 11.5 Å². The molecule has 1 aromatic rings. The van der Waals surface area contributed by atoms with Crippen molar-refractivity contribution in [2.24, 2.45) is 0 Å². The first-order chi connectivity index (χ1) is 10.3. The Balaban J connectivity index is 1.65. The molecule has 2 fully saturated rings. The molecular formula is C17H25NO3. The standard InChI is InChI=1S/C17H25NO3/c1-20-17-10-12(11-18-13-7-8-13)6-9-16(17)21-15-5-3-2-4-14(15)19/h6,9-10,13-15,18-19H,2-5,7-8,11H2,1H3. The Labute approximate surface area is 126 Å². The molecule has 2 atom stereocenters. The van der Waals surface area contributed by atoms with Gasteiger partial charge in [-0.05, 0) is 49.8 Å². The van der Waals surface area contributed by atoms with Crippen LogP contribution in [0.3, 0.4) is 0 Å². The Morgan fingerprint density at radius 2 is 1.95 bits per heavy atom. The van der Waals surface area contributed by atoms with Gasteiger partial charge < -0.3 is 19.9 Å². The number of benzene rings is 1. The van der Waals surface area contributed by atoms with Crippen molar-refractivity contribution >= 4 is 0 Å². The molecule has 0 amide bonds. The fraction of sp³-hybridized carbons (Fsp3) is 0.647. The van der Waals surface area contributed by atoms with Gasteiger partial charge in [0, 0.05) is 12.6 Å². The largest absolute Gasteiger partial charge is 0.493 e. The Kier molecular flexibility index (Phi) is 4.66. The van der Waals surface area contributed by atoms with Crippen molar-refractivity contribution in [1.82, 2.24) is 5.32 Å². The highest BCUT2D eigenvalue weighted by Crippen LogP contribution is 2.32. The summed E-state index contributed by atoms with van der Waals surface area (Å²) in [6.45, 7) is 0.868. The zero-order valence-corrected chi connectivity index (χ0v) is 12.7. The van der Waals surface area contributed by atoms with E-state index in [-0.39, 0.29) is 12.2 Å². The number of aliphatic hydroxyl groups excluding tert-OH is 1. The van der Waals surface area contributed by atoms with Crippen LogP contribution in [0.25, 0.3) is 0 Å². The highest BCUT2D eigenvalue weighted by molar-refractivity contribution is 5.43. The minimum atomic E-state index is -0.361. The molecule has 116 valence electrons. The zero-order chi connectivity index (χ0) is 14.7. The van der Waals surface area contributed by atoms with Crippen LogP contribution >= 0.6 is 0 Å². The van der Waals surface area contributed by atoms with Gasteiger partial charge >= 0.3 is 0 Å². The summed E-state index contributed by atoms with van der Waals surface area (Å²) in [7, 11) is 1.66. The minimum Gasteiger partial charge on any atom is -0.493 e. The molecule has 4 heteroatoms. The number of nitrogens with one attached hydrogen (secondary N) is 1. The van der Waals surface area contributed by atoms with Crippen LogP contribution in [0.4, 0.5) is 0 Å². The van der Waals surface area contributed by atoms with Crippen molar-refractivity contribution in [2.45, 2.75) is 63.3 Å². The fourth-order valence-corrected chi connectivity index (χ4v) is 2.85. The predicted molar refractivity (Wildman–Crippen MR) is 81.7 cm³/mol. The third kappa shape index (κ3) is 3.89. The molecule has 0 aliphatic heterocycles. The summed E-state index contributed by atoms with van der Waals surface area (Å²) in [6.07, 6.45) is 6.06. The van der Waals surface area contributed by atoms with Gasteiger partial charge in [-0.25, -0.2) is 0 Å². The van der Waals surface area contributed by atoms with Crippen LogP contribution in [-0.2, 0) is 6.54 Å². The van der Waals surface area contributed by atoms with E-state index in [9.17, 15) is 5.11 Å². The SMILES string of the molecule is COc1cc(CNC2CC2)ccc1OC1CCCCC1O. The average Bonchev–Trinajstić information content (AvgIpc) is 3.32. The Hall–Kier alpha value is -1.26. The quantitative estimate of drug-likeness (QED) is 0.846. The van der Waals surface area contributed by atoms with E-state index in [0.717, 1.165) is 43.7 Å². The first-order valence-electron chi connectivity index (χ1n) is 8.01. The Bertz CT molecular complexity index is 473. The van der Waals surface area contributed by atoms with Crippen LogP contribution in [-0.4, -0.2) is 30.5 Å². The zero-order valence-electron chi connectivity index (χ0n) is 12.7. The van der Waals surface area contributed by atoms with Gasteiger partial charge in [-0.15, -0.1) is 0 Å². The molecule has 0 bridgehead atoms. The van der Waals surface area contributed by atoms with E-state index in [1.54, 1.807) is 7.11 Å². The van der Waals surface area contributed by atoms with E-state index in [2.05, 4.69) is 11.4 Å². The predicted octanol–water partition coefficient (Wildman–Crippen LogP) is 2.63. The first-order valence-corrected chi connectivity index (χ1v) is 8.01. The molecule has 3 rings (SSSR count). The maximum Gasteiger partial charge on any atom is 0.161 e. The summed E-state index contributed by atoms with van der Waals surface area (Å²) >= 11 is 0. The minimum absolute atomic E-state index is 0.108. The van der Waals surface area contributed by atoms with Gasteiger partial charge in [0.2, 0.25) is 0 Å². The van der Waals surface area contributed by atoms with E-state index in [4.69, 9.17) is 9.47 Å². The second-order valence-electron chi connectivity index (χ2n) is 6.15. The molecule has 2 saturated carbocycles. The van der Waals surface area contributed by atoms with Crippen molar-refractivity contribution in [2.75, 3.05) is 7.11 Å². The summed E-state index contributed by atoms with van der Waals surface area (Å²) < 4.78 is 11.4. The molecule has 0 radical (unpaired) electrons. The summed E-state index contributed by atoms with van der Waals surface area (Å²) in [6, 6.07) is 6.76. The second-order valence-corrected chi connectivity index (χ2v) is 6.15. The summed E-state index contributed by atoms with van der Waals surface area (Å²) in [5, 5.41) is 13.5. The van der Waals surface area contributed by atoms with Crippen molar-refractivity contribution in [3.63, 3.8) is 0 Å². The summed E-state index contributed by atoms with van der Waals surface area (Å²) in [5.41, 5.74) is 1.20. The van der Waals surface area contributed by atoms with Crippen molar-refractivity contribution in [1.29, 1.82) is 0 Å². The lowest BCUT2D eigenvalue weighted by Gasteiger charge is -2.28. The van der Waals surface area contributed by atoms with Crippen molar-refractivity contribution in [3.05, 3.63) is 23.8 Å². The smallest absolute Gasteiger partial charge is 0.161 e. The van der Waals surface area contributed by atoms with Crippen LogP contribution in [0.15, 0.2) is 18.2 Å². The highest BCUT2D eigenvalue weighted by atomic mass is 16.5. The number of hydrogen-bond acceptors (Lipinski definition) is 4. The third-order valence-corrected chi connectivity index (χ3v) is 4.35. The van der Waals surface area contributed by atoms with E-state index in [1.807, 2.05) is 12.1 Å². The molecule has 2 N–H and O–H groups in total. The molecule has 0 heterocycles. The van der Waals surface area contributed by atoms with Gasteiger partial charge in [-0.1, -0.05) is 12.5 Å². The maximum atomic E-state index is 10.0. The van der Waals surface area contributed by atoms with E-state index in [0.29, 0.717) is 6.04 Å². The molecular weight excluding hydrogens is 266 g/mol. The lowest BCUT2D eigenvalue weighted by atomic mass is 9.95. The van der Waals surface area contributed by atoms with Crippen LogP contribution < -0.4 is 14.8 Å². The number of rotatable bonds is 6. The molecule has 4 nitrogen and oxygen atoms in total. The second kappa shape index (κ2) is 6.67. The summed E-state index contributed by atoms with van der Waals surface area (Å²) in [4.78, 5) is 0. The molecule has 2 unspecified atom stereocenters. The monoisotopic (exact) mass is 291 g/mol. The van der Waals surface area contributed by atoms with Crippen LogP contribution in [0.1, 0.15) is 44.1 Å². The molecule has 0 saturated heterocycles. The number of ether oxygens (including phenoxy) is 2. The Morgan fingerprint density at radius 1 is 1.14 bits per heavy atom. The van der Waals surface area contributed by atoms with Gasteiger partial charge in [-0.2, -0.15) is 0 Å². The number of methoxy groups -OCH3 is 1. The number of aliphatic hydroxyl groups is 1. The Morgan fingerprint density at radius 3 is 2.67 bits per heavy atom. The number of hydrogen-bond donors (Lipinski definition) is 2.